The summed E-state index contributed by atoms with van der Waals surface area (Å²) in [5, 5.41) is 6.42. The summed E-state index contributed by atoms with van der Waals surface area (Å²) >= 11 is 0. The maximum atomic E-state index is 12.6. The molecule has 25 heavy (non-hydrogen) atoms. The summed E-state index contributed by atoms with van der Waals surface area (Å²) in [4.78, 5) is 26.5. The second kappa shape index (κ2) is 7.56. The molecule has 1 saturated heterocycles. The highest BCUT2D eigenvalue weighted by molar-refractivity contribution is 6.05. The minimum atomic E-state index is -0.235. The monoisotopic (exact) mass is 346 g/mol. The van der Waals surface area contributed by atoms with Crippen LogP contribution in [0.1, 0.15) is 39.4 Å². The van der Waals surface area contributed by atoms with Gasteiger partial charge in [0.2, 0.25) is 5.91 Å². The Balaban J connectivity index is 1.83. The van der Waals surface area contributed by atoms with Gasteiger partial charge in [0.25, 0.3) is 0 Å². The van der Waals surface area contributed by atoms with Crippen molar-refractivity contribution in [2.45, 2.75) is 46.6 Å². The Labute approximate surface area is 150 Å². The molecular weight excluding hydrogens is 316 g/mol. The van der Waals surface area contributed by atoms with Crippen LogP contribution in [0.4, 0.5) is 17.3 Å². The summed E-state index contributed by atoms with van der Waals surface area (Å²) in [7, 11) is 0. The van der Waals surface area contributed by atoms with E-state index in [2.05, 4.69) is 51.2 Å². The highest BCUT2D eigenvalue weighted by Crippen LogP contribution is 2.35. The number of fused-ring (bicyclic) bond motifs is 1. The molecule has 2 atom stereocenters. The van der Waals surface area contributed by atoms with Gasteiger partial charge >= 0.3 is 0 Å². The summed E-state index contributed by atoms with van der Waals surface area (Å²) in [5.74, 6) is 2.60. The summed E-state index contributed by atoms with van der Waals surface area (Å²) in [5.41, 5.74) is 0.735. The summed E-state index contributed by atoms with van der Waals surface area (Å²) in [6, 6.07) is -0.235. The number of aryl methyl sites for hydroxylation is 1. The smallest absolute Gasteiger partial charge is 0.247 e. The SMILES string of the molecule is CCCN1CCN(c2nc(C)nc3c2NC(=O)C(C(C)CC)N3)CC1. The van der Waals surface area contributed by atoms with Gasteiger partial charge in [0, 0.05) is 26.2 Å². The fourth-order valence-electron chi connectivity index (χ4n) is 3.56. The quantitative estimate of drug-likeness (QED) is 0.850. The van der Waals surface area contributed by atoms with Crippen LogP contribution in [-0.4, -0.2) is 59.5 Å². The van der Waals surface area contributed by atoms with E-state index in [4.69, 9.17) is 0 Å². The predicted molar refractivity (Wildman–Crippen MR) is 101 cm³/mol. The van der Waals surface area contributed by atoms with E-state index in [1.807, 2.05) is 6.92 Å². The molecule has 0 aromatic carbocycles. The first-order valence-electron chi connectivity index (χ1n) is 9.46. The average molecular weight is 346 g/mol. The molecular formula is C18H30N6O. The van der Waals surface area contributed by atoms with Crippen molar-refractivity contribution < 1.29 is 4.79 Å². The molecule has 1 fully saturated rings. The fraction of sp³-hybridized carbons (Fsp3) is 0.722. The van der Waals surface area contributed by atoms with Gasteiger partial charge in [0.15, 0.2) is 11.6 Å². The number of carbonyl (C=O) groups excluding carboxylic acids is 1. The van der Waals surface area contributed by atoms with Crippen LogP contribution in [0.15, 0.2) is 0 Å². The topological polar surface area (TPSA) is 73.4 Å². The van der Waals surface area contributed by atoms with E-state index in [1.165, 1.54) is 6.42 Å². The Morgan fingerprint density at radius 1 is 1.20 bits per heavy atom. The average Bonchev–Trinajstić information content (AvgIpc) is 2.61. The Hall–Kier alpha value is -1.89. The summed E-state index contributed by atoms with van der Waals surface area (Å²) in [6.07, 6.45) is 2.12. The minimum Gasteiger partial charge on any atom is -0.356 e. The number of aromatic nitrogens is 2. The zero-order valence-corrected chi connectivity index (χ0v) is 15.8. The predicted octanol–water partition coefficient (Wildman–Crippen LogP) is 2.10. The minimum absolute atomic E-state index is 0.0140. The van der Waals surface area contributed by atoms with Crippen LogP contribution >= 0.6 is 0 Å². The van der Waals surface area contributed by atoms with E-state index >= 15 is 0 Å². The fourth-order valence-corrected chi connectivity index (χ4v) is 3.56. The third-order valence-corrected chi connectivity index (χ3v) is 5.25. The number of carbonyl (C=O) groups is 1. The first-order chi connectivity index (χ1) is 12.0. The molecule has 7 nitrogen and oxygen atoms in total. The Morgan fingerprint density at radius 3 is 2.56 bits per heavy atom. The van der Waals surface area contributed by atoms with Gasteiger partial charge in [-0.3, -0.25) is 9.69 Å². The van der Waals surface area contributed by atoms with Gasteiger partial charge in [-0.05, 0) is 25.8 Å². The number of nitrogens with one attached hydrogen (secondary N) is 2. The molecule has 2 aliphatic rings. The molecule has 2 N–H and O–H groups in total. The van der Waals surface area contributed by atoms with Gasteiger partial charge in [-0.25, -0.2) is 9.97 Å². The molecule has 0 radical (unpaired) electrons. The van der Waals surface area contributed by atoms with Crippen LogP contribution in [0.2, 0.25) is 0 Å². The van der Waals surface area contributed by atoms with Crippen LogP contribution in [0, 0.1) is 12.8 Å². The highest BCUT2D eigenvalue weighted by Gasteiger charge is 2.33. The maximum absolute atomic E-state index is 12.6. The first-order valence-corrected chi connectivity index (χ1v) is 9.46. The third-order valence-electron chi connectivity index (χ3n) is 5.25. The molecule has 1 amide bonds. The number of piperazine rings is 1. The molecule has 0 spiro atoms. The standard InChI is InChI=1S/C18H30N6O/c1-5-7-23-8-10-24(11-9-23)17-15-16(19-13(4)20-17)21-14(12(3)6-2)18(25)22-15/h12,14H,5-11H2,1-4H3,(H,22,25)(H,19,20,21). The van der Waals surface area contributed by atoms with Crippen molar-refractivity contribution in [1.29, 1.82) is 0 Å². The van der Waals surface area contributed by atoms with Gasteiger partial charge < -0.3 is 15.5 Å². The molecule has 0 bridgehead atoms. The number of nitrogens with zero attached hydrogens (tertiary/aromatic N) is 4. The van der Waals surface area contributed by atoms with Crippen molar-refractivity contribution >= 4 is 23.2 Å². The Kier molecular flexibility index (Phi) is 5.42. The van der Waals surface area contributed by atoms with Gasteiger partial charge in [-0.15, -0.1) is 0 Å². The zero-order valence-electron chi connectivity index (χ0n) is 15.8. The van der Waals surface area contributed by atoms with Crippen molar-refractivity contribution in [3.05, 3.63) is 5.82 Å². The largest absolute Gasteiger partial charge is 0.356 e. The van der Waals surface area contributed by atoms with Gasteiger partial charge in [-0.2, -0.15) is 0 Å². The molecule has 1 aromatic rings. The Bertz CT molecular complexity index is 626. The van der Waals surface area contributed by atoms with Crippen LogP contribution in [0.5, 0.6) is 0 Å². The number of hydrogen-bond donors (Lipinski definition) is 2. The molecule has 2 unspecified atom stereocenters. The molecule has 3 rings (SSSR count). The number of anilines is 3. The van der Waals surface area contributed by atoms with Crippen LogP contribution in [0.25, 0.3) is 0 Å². The van der Waals surface area contributed by atoms with Crippen molar-refractivity contribution in [3.63, 3.8) is 0 Å². The highest BCUT2D eigenvalue weighted by atomic mass is 16.2. The van der Waals surface area contributed by atoms with Crippen molar-refractivity contribution in [1.82, 2.24) is 14.9 Å². The third kappa shape index (κ3) is 3.71. The van der Waals surface area contributed by atoms with Crippen molar-refractivity contribution in [2.24, 2.45) is 5.92 Å². The molecule has 0 saturated carbocycles. The molecule has 7 heteroatoms. The number of hydrogen-bond acceptors (Lipinski definition) is 6. The zero-order chi connectivity index (χ0) is 18.0. The molecule has 1 aromatic heterocycles. The summed E-state index contributed by atoms with van der Waals surface area (Å²) < 4.78 is 0. The lowest BCUT2D eigenvalue weighted by atomic mass is 9.97. The van der Waals surface area contributed by atoms with Crippen molar-refractivity contribution in [3.8, 4) is 0 Å². The lowest BCUT2D eigenvalue weighted by Gasteiger charge is -2.37. The van der Waals surface area contributed by atoms with Crippen LogP contribution in [0.3, 0.4) is 0 Å². The van der Waals surface area contributed by atoms with E-state index in [9.17, 15) is 4.79 Å². The van der Waals surface area contributed by atoms with Gasteiger partial charge in [-0.1, -0.05) is 27.2 Å². The Morgan fingerprint density at radius 2 is 1.92 bits per heavy atom. The molecule has 2 aliphatic heterocycles. The first kappa shape index (κ1) is 17.9. The van der Waals surface area contributed by atoms with E-state index < -0.39 is 0 Å². The summed E-state index contributed by atoms with van der Waals surface area (Å²) in [6.45, 7) is 13.4. The van der Waals surface area contributed by atoms with Gasteiger partial charge in [0.1, 0.15) is 17.6 Å². The number of rotatable bonds is 5. The lowest BCUT2D eigenvalue weighted by molar-refractivity contribution is -0.118. The second-order valence-electron chi connectivity index (χ2n) is 7.14. The van der Waals surface area contributed by atoms with E-state index in [0.29, 0.717) is 0 Å². The lowest BCUT2D eigenvalue weighted by Crippen LogP contribution is -2.48. The molecule has 0 aliphatic carbocycles. The number of amides is 1. The van der Waals surface area contributed by atoms with E-state index in [1.54, 1.807) is 0 Å². The van der Waals surface area contributed by atoms with Crippen molar-refractivity contribution in [2.75, 3.05) is 48.3 Å². The van der Waals surface area contributed by atoms with E-state index in [-0.39, 0.29) is 17.9 Å². The van der Waals surface area contributed by atoms with Crippen LogP contribution in [-0.2, 0) is 4.79 Å². The molecule has 138 valence electrons. The normalized spacial score (nSPS) is 22.2. The van der Waals surface area contributed by atoms with Crippen LogP contribution < -0.4 is 15.5 Å². The van der Waals surface area contributed by atoms with Gasteiger partial charge in [0.05, 0.1) is 0 Å². The van der Waals surface area contributed by atoms with E-state index in [0.717, 1.165) is 62.3 Å². The maximum Gasteiger partial charge on any atom is 0.247 e. The second-order valence-corrected chi connectivity index (χ2v) is 7.14. The molecule has 3 heterocycles.